The Balaban J connectivity index is 2.77. The number of primary amides is 1. The number of nitrogens with zero attached hydrogens (tertiary/aromatic N) is 1. The van der Waals surface area contributed by atoms with Gasteiger partial charge in [-0.1, -0.05) is 11.6 Å². The van der Waals surface area contributed by atoms with Gasteiger partial charge >= 0.3 is 0 Å². The highest BCUT2D eigenvalue weighted by atomic mass is 35.5. The van der Waals surface area contributed by atoms with Crippen LogP contribution in [0.1, 0.15) is 5.56 Å². The van der Waals surface area contributed by atoms with Gasteiger partial charge in [0, 0.05) is 11.6 Å². The molecule has 0 spiro atoms. The molecule has 0 aromatic heterocycles. The largest absolute Gasteiger partial charge is 0.382 e. The summed E-state index contributed by atoms with van der Waals surface area (Å²) in [5, 5.41) is 12.2. The first-order valence-electron chi connectivity index (χ1n) is 4.53. The zero-order chi connectivity index (χ0) is 12.1. The summed E-state index contributed by atoms with van der Waals surface area (Å²) < 4.78 is 0. The third-order valence-corrected chi connectivity index (χ3v) is 2.22. The predicted molar refractivity (Wildman–Crippen MR) is 61.8 cm³/mol. The third kappa shape index (κ3) is 3.12. The van der Waals surface area contributed by atoms with Gasteiger partial charge in [-0.15, -0.1) is 0 Å². The molecule has 0 fully saturated rings. The first-order valence-corrected chi connectivity index (χ1v) is 4.91. The smallest absolute Gasteiger partial charge is 0.236 e. The number of nitriles is 1. The number of carbonyl (C=O) groups excluding carboxylic acids is 1. The molecule has 1 aromatic carbocycles. The Morgan fingerprint density at radius 2 is 2.31 bits per heavy atom. The minimum Gasteiger partial charge on any atom is -0.382 e. The number of benzene rings is 1. The minimum atomic E-state index is -0.800. The molecule has 1 amide bonds. The van der Waals surface area contributed by atoms with Gasteiger partial charge in [-0.25, -0.2) is 0 Å². The van der Waals surface area contributed by atoms with Gasteiger partial charge in [-0.3, -0.25) is 4.79 Å². The first kappa shape index (κ1) is 12.3. The van der Waals surface area contributed by atoms with Crippen LogP contribution in [-0.2, 0) is 4.79 Å². The van der Waals surface area contributed by atoms with Crippen molar-refractivity contribution in [3.63, 3.8) is 0 Å². The van der Waals surface area contributed by atoms with Crippen molar-refractivity contribution in [2.45, 2.75) is 6.04 Å². The Morgan fingerprint density at radius 1 is 1.62 bits per heavy atom. The zero-order valence-corrected chi connectivity index (χ0v) is 9.16. The van der Waals surface area contributed by atoms with Crippen molar-refractivity contribution in [3.8, 4) is 6.07 Å². The van der Waals surface area contributed by atoms with E-state index in [0.717, 1.165) is 0 Å². The molecule has 0 heterocycles. The second-order valence-electron chi connectivity index (χ2n) is 3.19. The Morgan fingerprint density at radius 3 is 2.88 bits per heavy atom. The number of anilines is 1. The van der Waals surface area contributed by atoms with Crippen LogP contribution in [0, 0.1) is 11.3 Å². The van der Waals surface area contributed by atoms with Gasteiger partial charge in [0.1, 0.15) is 12.1 Å². The average molecular weight is 239 g/mol. The van der Waals surface area contributed by atoms with E-state index >= 15 is 0 Å². The van der Waals surface area contributed by atoms with E-state index in [9.17, 15) is 4.79 Å². The number of nitrogens with two attached hydrogens (primary N) is 2. The lowest BCUT2D eigenvalue weighted by atomic mass is 10.2. The fraction of sp³-hybridized carbons (Fsp3) is 0.200. The maximum absolute atomic E-state index is 10.7. The summed E-state index contributed by atoms with van der Waals surface area (Å²) in [5.41, 5.74) is 11.4. The topological polar surface area (TPSA) is 105 Å². The molecule has 5 nitrogen and oxygen atoms in total. The van der Waals surface area contributed by atoms with E-state index in [1.54, 1.807) is 18.2 Å². The number of amides is 1. The summed E-state index contributed by atoms with van der Waals surface area (Å²) in [6, 6.07) is 5.98. The molecule has 1 atom stereocenters. The van der Waals surface area contributed by atoms with E-state index in [1.165, 1.54) is 0 Å². The normalized spacial score (nSPS) is 11.6. The highest BCUT2D eigenvalue weighted by Gasteiger charge is 2.10. The Labute approximate surface area is 98.0 Å². The molecule has 6 heteroatoms. The first-order chi connectivity index (χ1) is 7.54. The second kappa shape index (κ2) is 5.35. The maximum atomic E-state index is 10.7. The number of halogens is 1. The average Bonchev–Trinajstić information content (AvgIpc) is 2.25. The lowest BCUT2D eigenvalue weighted by Gasteiger charge is -2.11. The molecule has 84 valence electrons. The molecular weight excluding hydrogens is 228 g/mol. The highest BCUT2D eigenvalue weighted by molar-refractivity contribution is 6.30. The van der Waals surface area contributed by atoms with E-state index in [-0.39, 0.29) is 6.54 Å². The summed E-state index contributed by atoms with van der Waals surface area (Å²) in [6.45, 7) is 0.157. The summed E-state index contributed by atoms with van der Waals surface area (Å²) in [5.74, 6) is -0.604. The lowest BCUT2D eigenvalue weighted by molar-refractivity contribution is -0.118. The van der Waals surface area contributed by atoms with Crippen LogP contribution in [0.5, 0.6) is 0 Å². The van der Waals surface area contributed by atoms with Gasteiger partial charge in [0.15, 0.2) is 0 Å². The molecule has 0 aliphatic rings. The van der Waals surface area contributed by atoms with E-state index in [4.69, 9.17) is 28.3 Å². The molecular formula is C10H11ClN4O. The minimum absolute atomic E-state index is 0.157. The molecule has 5 N–H and O–H groups in total. The standard InChI is InChI=1S/C10H11ClN4O/c11-7-2-1-6(4-12)9(3-7)15-5-8(13)10(14)16/h1-3,8,15H,5,13H2,(H2,14,16). The van der Waals surface area contributed by atoms with Crippen LogP contribution in [0.15, 0.2) is 18.2 Å². The van der Waals surface area contributed by atoms with Crippen molar-refractivity contribution in [2.24, 2.45) is 11.5 Å². The third-order valence-electron chi connectivity index (χ3n) is 1.98. The van der Waals surface area contributed by atoms with Crippen molar-refractivity contribution in [1.29, 1.82) is 5.26 Å². The summed E-state index contributed by atoms with van der Waals surface area (Å²) in [4.78, 5) is 10.7. The van der Waals surface area contributed by atoms with Gasteiger partial charge in [0.25, 0.3) is 0 Å². The van der Waals surface area contributed by atoms with Crippen LogP contribution in [0.3, 0.4) is 0 Å². The predicted octanol–water partition coefficient (Wildman–Crippen LogP) is 0.436. The van der Waals surface area contributed by atoms with Crippen molar-refractivity contribution < 1.29 is 4.79 Å². The van der Waals surface area contributed by atoms with Crippen LogP contribution < -0.4 is 16.8 Å². The molecule has 0 radical (unpaired) electrons. The lowest BCUT2D eigenvalue weighted by Crippen LogP contribution is -2.41. The Hall–Kier alpha value is -1.77. The van der Waals surface area contributed by atoms with E-state index in [2.05, 4.69) is 5.32 Å². The number of nitrogens with one attached hydrogen (secondary N) is 1. The Bertz CT molecular complexity index is 441. The second-order valence-corrected chi connectivity index (χ2v) is 3.63. The summed E-state index contributed by atoms with van der Waals surface area (Å²) in [7, 11) is 0. The van der Waals surface area contributed by atoms with Crippen LogP contribution in [-0.4, -0.2) is 18.5 Å². The zero-order valence-electron chi connectivity index (χ0n) is 8.40. The van der Waals surface area contributed by atoms with Crippen molar-refractivity contribution in [1.82, 2.24) is 0 Å². The van der Waals surface area contributed by atoms with Gasteiger partial charge < -0.3 is 16.8 Å². The molecule has 0 aliphatic heterocycles. The van der Waals surface area contributed by atoms with Crippen LogP contribution in [0.4, 0.5) is 5.69 Å². The van der Waals surface area contributed by atoms with Crippen molar-refractivity contribution in [3.05, 3.63) is 28.8 Å². The van der Waals surface area contributed by atoms with Gasteiger partial charge in [-0.05, 0) is 18.2 Å². The number of carbonyl (C=O) groups is 1. The Kier molecular flexibility index (Phi) is 4.11. The molecule has 1 aromatic rings. The molecule has 0 aliphatic carbocycles. The molecule has 1 unspecified atom stereocenters. The molecule has 16 heavy (non-hydrogen) atoms. The van der Waals surface area contributed by atoms with Crippen LogP contribution >= 0.6 is 11.6 Å². The van der Waals surface area contributed by atoms with Gasteiger partial charge in [0.2, 0.25) is 5.91 Å². The molecule has 1 rings (SSSR count). The fourth-order valence-electron chi connectivity index (χ4n) is 1.08. The number of hydrogen-bond acceptors (Lipinski definition) is 4. The van der Waals surface area contributed by atoms with Crippen LogP contribution in [0.2, 0.25) is 5.02 Å². The molecule has 0 saturated heterocycles. The van der Waals surface area contributed by atoms with Crippen LogP contribution in [0.25, 0.3) is 0 Å². The van der Waals surface area contributed by atoms with Gasteiger partial charge in [0.05, 0.1) is 11.3 Å². The summed E-state index contributed by atoms with van der Waals surface area (Å²) >= 11 is 5.78. The quantitative estimate of drug-likeness (QED) is 0.708. The van der Waals surface area contributed by atoms with E-state index in [0.29, 0.717) is 16.3 Å². The highest BCUT2D eigenvalue weighted by Crippen LogP contribution is 2.20. The fourth-order valence-corrected chi connectivity index (χ4v) is 1.25. The monoisotopic (exact) mass is 238 g/mol. The molecule has 0 saturated carbocycles. The summed E-state index contributed by atoms with van der Waals surface area (Å²) in [6.07, 6.45) is 0. The maximum Gasteiger partial charge on any atom is 0.236 e. The molecule has 0 bridgehead atoms. The van der Waals surface area contributed by atoms with Crippen molar-refractivity contribution >= 4 is 23.2 Å². The van der Waals surface area contributed by atoms with Crippen molar-refractivity contribution in [2.75, 3.05) is 11.9 Å². The van der Waals surface area contributed by atoms with E-state index < -0.39 is 11.9 Å². The SMILES string of the molecule is N#Cc1ccc(Cl)cc1NCC(N)C(N)=O. The van der Waals surface area contributed by atoms with Gasteiger partial charge in [-0.2, -0.15) is 5.26 Å². The van der Waals surface area contributed by atoms with E-state index in [1.807, 2.05) is 6.07 Å². The number of rotatable bonds is 4. The number of hydrogen-bond donors (Lipinski definition) is 3.